The molecule has 2 amide bonds. The van der Waals surface area contributed by atoms with Crippen molar-refractivity contribution in [1.29, 1.82) is 0 Å². The summed E-state index contributed by atoms with van der Waals surface area (Å²) in [4.78, 5) is 28.6. The minimum absolute atomic E-state index is 0.178. The summed E-state index contributed by atoms with van der Waals surface area (Å²) in [6, 6.07) is 2.02. The molecule has 1 aromatic rings. The zero-order valence-corrected chi connectivity index (χ0v) is 11.9. The van der Waals surface area contributed by atoms with Gasteiger partial charge in [-0.2, -0.15) is 0 Å². The number of hydrogen-bond donors (Lipinski definition) is 2. The van der Waals surface area contributed by atoms with Gasteiger partial charge >= 0.3 is 12.0 Å². The van der Waals surface area contributed by atoms with Crippen molar-refractivity contribution < 1.29 is 19.4 Å². The number of carboxylic acids is 1. The van der Waals surface area contributed by atoms with Gasteiger partial charge in [0.25, 0.3) is 0 Å². The van der Waals surface area contributed by atoms with Gasteiger partial charge in [0, 0.05) is 11.8 Å². The molecule has 0 radical (unpaired) electrons. The first kappa shape index (κ1) is 14.4. The summed E-state index contributed by atoms with van der Waals surface area (Å²) in [6.07, 6.45) is 1.46. The average Bonchev–Trinajstić information content (AvgIpc) is 2.81. The maximum absolute atomic E-state index is 12.2. The predicted octanol–water partition coefficient (Wildman–Crippen LogP) is 1.47. The molecule has 8 heteroatoms. The highest BCUT2D eigenvalue weighted by molar-refractivity contribution is 8.00. The first-order valence-electron chi connectivity index (χ1n) is 5.96. The summed E-state index contributed by atoms with van der Waals surface area (Å²) < 4.78 is 4.92. The van der Waals surface area contributed by atoms with Crippen LogP contribution in [0, 0.1) is 0 Å². The molecule has 2 atom stereocenters. The molecule has 1 aromatic heterocycles. The van der Waals surface area contributed by atoms with Crippen LogP contribution in [0.3, 0.4) is 0 Å². The van der Waals surface area contributed by atoms with Crippen LogP contribution in [0.1, 0.15) is 6.92 Å². The van der Waals surface area contributed by atoms with Crippen LogP contribution in [0.4, 0.5) is 10.5 Å². The second kappa shape index (κ2) is 6.00. The fourth-order valence-electron chi connectivity index (χ4n) is 1.90. The van der Waals surface area contributed by atoms with Crippen LogP contribution in [0.5, 0.6) is 5.88 Å². The number of carbonyl (C=O) groups is 2. The number of carbonyl (C=O) groups excluding carboxylic acids is 1. The Balaban J connectivity index is 2.08. The number of ether oxygens (including phenoxy) is 1. The van der Waals surface area contributed by atoms with Gasteiger partial charge in [-0.1, -0.05) is 0 Å². The van der Waals surface area contributed by atoms with Crippen molar-refractivity contribution in [3.05, 3.63) is 18.3 Å². The van der Waals surface area contributed by atoms with E-state index in [1.165, 1.54) is 30.0 Å². The number of rotatable bonds is 3. The van der Waals surface area contributed by atoms with Crippen LogP contribution >= 0.6 is 11.8 Å². The lowest BCUT2D eigenvalue weighted by molar-refractivity contribution is -0.141. The van der Waals surface area contributed by atoms with E-state index in [2.05, 4.69) is 10.3 Å². The number of thioether (sulfide) groups is 1. The third kappa shape index (κ3) is 2.96. The number of pyridine rings is 1. The lowest BCUT2D eigenvalue weighted by Gasteiger charge is -2.25. The number of nitrogens with one attached hydrogen (secondary N) is 1. The monoisotopic (exact) mass is 297 g/mol. The molecule has 1 aliphatic rings. The summed E-state index contributed by atoms with van der Waals surface area (Å²) >= 11 is 1.44. The summed E-state index contributed by atoms with van der Waals surface area (Å²) in [7, 11) is 1.50. The van der Waals surface area contributed by atoms with E-state index in [9.17, 15) is 9.59 Å². The topological polar surface area (TPSA) is 91.8 Å². The molecule has 1 aliphatic heterocycles. The summed E-state index contributed by atoms with van der Waals surface area (Å²) in [6.45, 7) is 1.81. The zero-order valence-electron chi connectivity index (χ0n) is 11.1. The van der Waals surface area contributed by atoms with Gasteiger partial charge in [-0.15, -0.1) is 11.8 Å². The Kier molecular flexibility index (Phi) is 4.33. The van der Waals surface area contributed by atoms with Crippen LogP contribution in [0.15, 0.2) is 18.3 Å². The smallest absolute Gasteiger partial charge is 0.327 e. The molecule has 1 saturated heterocycles. The molecule has 1 fully saturated rings. The average molecular weight is 297 g/mol. The molecule has 2 unspecified atom stereocenters. The molecule has 2 rings (SSSR count). The number of amides is 2. The van der Waals surface area contributed by atoms with Gasteiger partial charge in [-0.25, -0.2) is 14.6 Å². The second-order valence-corrected chi connectivity index (χ2v) is 5.56. The molecule has 0 bridgehead atoms. The predicted molar refractivity (Wildman–Crippen MR) is 75.0 cm³/mol. The van der Waals surface area contributed by atoms with E-state index >= 15 is 0 Å². The summed E-state index contributed by atoms with van der Waals surface area (Å²) in [5, 5.41) is 11.6. The largest absolute Gasteiger partial charge is 0.481 e. The Bertz CT molecular complexity index is 508. The van der Waals surface area contributed by atoms with E-state index in [1.807, 2.05) is 0 Å². The zero-order chi connectivity index (χ0) is 14.7. The normalized spacial score (nSPS) is 21.6. The van der Waals surface area contributed by atoms with Crippen molar-refractivity contribution in [3.8, 4) is 5.88 Å². The molecule has 0 saturated carbocycles. The molecule has 0 aliphatic carbocycles. The molecule has 20 heavy (non-hydrogen) atoms. The Morgan fingerprint density at radius 1 is 1.55 bits per heavy atom. The molecule has 7 nitrogen and oxygen atoms in total. The number of nitrogens with zero attached hydrogens (tertiary/aromatic N) is 2. The number of aromatic nitrogens is 1. The maximum Gasteiger partial charge on any atom is 0.327 e. The first-order chi connectivity index (χ1) is 9.52. The molecule has 0 spiro atoms. The Morgan fingerprint density at radius 2 is 2.30 bits per heavy atom. The van der Waals surface area contributed by atoms with Crippen molar-refractivity contribution in [1.82, 2.24) is 9.88 Å². The SMILES string of the molecule is COc1ccc(NC(=O)N2C(C)SCC2C(=O)O)cn1. The Hall–Kier alpha value is -1.96. The van der Waals surface area contributed by atoms with Crippen molar-refractivity contribution >= 4 is 29.4 Å². The summed E-state index contributed by atoms with van der Waals surface area (Å²) in [5.74, 6) is -0.161. The van der Waals surface area contributed by atoms with Gasteiger partial charge in [0.15, 0.2) is 0 Å². The molecular formula is C12H15N3O4S. The lowest BCUT2D eigenvalue weighted by Crippen LogP contribution is -2.46. The number of urea groups is 1. The van der Waals surface area contributed by atoms with E-state index in [4.69, 9.17) is 9.84 Å². The van der Waals surface area contributed by atoms with Gasteiger partial charge < -0.3 is 15.2 Å². The molecule has 108 valence electrons. The van der Waals surface area contributed by atoms with Gasteiger partial charge in [0.2, 0.25) is 5.88 Å². The van der Waals surface area contributed by atoms with E-state index in [0.29, 0.717) is 17.3 Å². The van der Waals surface area contributed by atoms with Crippen molar-refractivity contribution in [2.75, 3.05) is 18.2 Å². The van der Waals surface area contributed by atoms with E-state index < -0.39 is 18.0 Å². The third-order valence-corrected chi connectivity index (χ3v) is 4.16. The third-order valence-electron chi connectivity index (χ3n) is 2.94. The Morgan fingerprint density at radius 3 is 2.85 bits per heavy atom. The highest BCUT2D eigenvalue weighted by Crippen LogP contribution is 2.29. The van der Waals surface area contributed by atoms with E-state index in [1.54, 1.807) is 19.1 Å². The quantitative estimate of drug-likeness (QED) is 0.878. The summed E-state index contributed by atoms with van der Waals surface area (Å²) in [5.41, 5.74) is 0.490. The fourth-order valence-corrected chi connectivity index (χ4v) is 3.07. The van der Waals surface area contributed by atoms with Gasteiger partial charge in [-0.3, -0.25) is 4.90 Å². The standard InChI is InChI=1S/C12H15N3O4S/c1-7-15(9(6-20-7)11(16)17)12(18)14-8-3-4-10(19-2)13-5-8/h3-5,7,9H,6H2,1-2H3,(H,14,18)(H,16,17). The van der Waals surface area contributed by atoms with Crippen LogP contribution in [0.25, 0.3) is 0 Å². The number of hydrogen-bond acceptors (Lipinski definition) is 5. The van der Waals surface area contributed by atoms with E-state index in [-0.39, 0.29) is 5.37 Å². The number of carboxylic acid groups (broad SMARTS) is 1. The van der Waals surface area contributed by atoms with Gasteiger partial charge in [-0.05, 0) is 13.0 Å². The van der Waals surface area contributed by atoms with Gasteiger partial charge in [0.05, 0.1) is 24.4 Å². The molecular weight excluding hydrogens is 282 g/mol. The first-order valence-corrected chi connectivity index (χ1v) is 7.01. The molecule has 2 N–H and O–H groups in total. The number of aliphatic carboxylic acids is 1. The van der Waals surface area contributed by atoms with Crippen LogP contribution in [0.2, 0.25) is 0 Å². The van der Waals surface area contributed by atoms with Gasteiger partial charge in [0.1, 0.15) is 6.04 Å². The number of anilines is 1. The van der Waals surface area contributed by atoms with Crippen LogP contribution in [-0.4, -0.2) is 51.3 Å². The molecule has 2 heterocycles. The highest BCUT2D eigenvalue weighted by atomic mass is 32.2. The maximum atomic E-state index is 12.2. The van der Waals surface area contributed by atoms with Crippen molar-refractivity contribution in [2.45, 2.75) is 18.3 Å². The van der Waals surface area contributed by atoms with E-state index in [0.717, 1.165) is 0 Å². The van der Waals surface area contributed by atoms with Crippen molar-refractivity contribution in [2.24, 2.45) is 0 Å². The number of methoxy groups -OCH3 is 1. The fraction of sp³-hybridized carbons (Fsp3) is 0.417. The minimum Gasteiger partial charge on any atom is -0.481 e. The van der Waals surface area contributed by atoms with Crippen LogP contribution in [-0.2, 0) is 4.79 Å². The lowest BCUT2D eigenvalue weighted by atomic mass is 10.3. The highest BCUT2D eigenvalue weighted by Gasteiger charge is 2.39. The van der Waals surface area contributed by atoms with Crippen molar-refractivity contribution in [3.63, 3.8) is 0 Å². The van der Waals surface area contributed by atoms with Crippen LogP contribution < -0.4 is 10.1 Å². The minimum atomic E-state index is -0.996. The Labute approximate surface area is 120 Å². The second-order valence-electron chi connectivity index (χ2n) is 4.21. The molecule has 0 aromatic carbocycles.